The zero-order valence-corrected chi connectivity index (χ0v) is 63.4. The van der Waals surface area contributed by atoms with E-state index in [4.69, 9.17) is 43.8 Å². The van der Waals surface area contributed by atoms with Crippen molar-refractivity contribution in [2.45, 2.75) is 265 Å². The third-order valence-corrected chi connectivity index (χ3v) is 18.5. The van der Waals surface area contributed by atoms with Crippen LogP contribution >= 0.6 is 7.82 Å². The predicted octanol–water partition coefficient (Wildman–Crippen LogP) is -0.979. The van der Waals surface area contributed by atoms with E-state index < -0.39 is 148 Å². The molecule has 37 nitrogen and oxygen atoms in total. The molecule has 0 radical (unpaired) electrons. The molecular weight excluding hydrogens is 1450 g/mol. The topological polar surface area (TPSA) is 561 Å². The molecule has 0 saturated carbocycles. The van der Waals surface area contributed by atoms with Gasteiger partial charge in [0.15, 0.2) is 18.9 Å². The number of ether oxygens (including phenoxy) is 7. The molecule has 0 aromatic rings. The van der Waals surface area contributed by atoms with Crippen LogP contribution in [0.2, 0.25) is 0 Å². The second-order valence-electron chi connectivity index (χ2n) is 25.8. The molecule has 108 heavy (non-hydrogen) atoms. The van der Waals surface area contributed by atoms with Gasteiger partial charge in [-0.3, -0.25) is 47.4 Å². The zero-order chi connectivity index (χ0) is 78.8. The van der Waals surface area contributed by atoms with Gasteiger partial charge in [0, 0.05) is 122 Å². The molecule has 0 spiro atoms. The molecule has 0 aliphatic carbocycles. The van der Waals surface area contributed by atoms with Crippen molar-refractivity contribution in [1.82, 2.24) is 42.5 Å². The summed E-state index contributed by atoms with van der Waals surface area (Å²) in [6.07, 6.45) is -9.00. The lowest BCUT2D eigenvalue weighted by Gasteiger charge is -2.40. The first-order valence-corrected chi connectivity index (χ1v) is 38.2. The summed E-state index contributed by atoms with van der Waals surface area (Å²) in [5.74, 6) is -5.06. The van der Waals surface area contributed by atoms with Crippen molar-refractivity contribution in [1.29, 1.82) is 0 Å². The van der Waals surface area contributed by atoms with Crippen molar-refractivity contribution < 1.29 is 136 Å². The molecule has 0 aromatic carbocycles. The quantitative estimate of drug-likeness (QED) is 0.0257. The number of aliphatic hydroxyl groups excluding tert-OH is 9. The molecule has 20 N–H and O–H groups in total. The summed E-state index contributed by atoms with van der Waals surface area (Å²) < 4.78 is 58.1. The SMILES string of the molecule is C.C.C.CC.COCCCNC(=O)CCCC(=O)NC(CCC(=O)NCCCNC(=O)CCO[C@@H]1OC(CO)[C@H](O)[C@H](O)C1C)(CCC(=O)NCCCNC(=O)CCO[C@@H]1OC(CO)[C@H](O)[C@H](O)C1C)CCC(=O)NCCCNC(=O)CCO[C@@H]1OC(CO)[C@H](O)[C@H](O)C1C.COP(=O)(O)OCCCCCCN. The van der Waals surface area contributed by atoms with Crippen LogP contribution in [-0.4, -0.2) is 297 Å². The first-order valence-electron chi connectivity index (χ1n) is 36.7. The number of carbonyl (C=O) groups is 8. The van der Waals surface area contributed by atoms with E-state index in [-0.39, 0.29) is 189 Å². The van der Waals surface area contributed by atoms with E-state index in [1.165, 1.54) is 0 Å². The molecule has 3 saturated heterocycles. The van der Waals surface area contributed by atoms with E-state index in [1.54, 1.807) is 27.9 Å². The molecular formula is C70H140N9O28P. The molecule has 3 aliphatic heterocycles. The van der Waals surface area contributed by atoms with Gasteiger partial charge in [0.2, 0.25) is 47.3 Å². The summed E-state index contributed by atoms with van der Waals surface area (Å²) >= 11 is 0. The van der Waals surface area contributed by atoms with Gasteiger partial charge in [0.25, 0.3) is 0 Å². The highest BCUT2D eigenvalue weighted by Gasteiger charge is 2.45. The number of phosphoric acid groups is 1. The summed E-state index contributed by atoms with van der Waals surface area (Å²) in [5, 5.41) is 112. The van der Waals surface area contributed by atoms with E-state index in [0.717, 1.165) is 32.8 Å². The van der Waals surface area contributed by atoms with Crippen LogP contribution in [0.3, 0.4) is 0 Å². The number of amides is 8. The third-order valence-electron chi connectivity index (χ3n) is 17.5. The Hall–Kier alpha value is -4.81. The van der Waals surface area contributed by atoms with Crippen LogP contribution in [0.5, 0.6) is 0 Å². The molecule has 0 bridgehead atoms. The van der Waals surface area contributed by atoms with Crippen molar-refractivity contribution in [2.24, 2.45) is 23.5 Å². The minimum absolute atomic E-state index is 0. The van der Waals surface area contributed by atoms with Crippen molar-refractivity contribution in [3.63, 3.8) is 0 Å². The number of phosphoric ester groups is 1. The van der Waals surface area contributed by atoms with Gasteiger partial charge in [-0.15, -0.1) is 0 Å². The largest absolute Gasteiger partial charge is 0.471 e. The van der Waals surface area contributed by atoms with Crippen LogP contribution in [0.4, 0.5) is 0 Å². The molecule has 8 amide bonds. The van der Waals surface area contributed by atoms with Crippen LogP contribution in [0.1, 0.15) is 185 Å². The van der Waals surface area contributed by atoms with Crippen molar-refractivity contribution in [2.75, 3.05) is 119 Å². The highest BCUT2D eigenvalue weighted by molar-refractivity contribution is 7.47. The van der Waals surface area contributed by atoms with Gasteiger partial charge in [-0.25, -0.2) is 4.57 Å². The van der Waals surface area contributed by atoms with Crippen LogP contribution in [0, 0.1) is 17.8 Å². The number of nitrogens with one attached hydrogen (secondary N) is 8. The first-order chi connectivity index (χ1) is 50.1. The molecule has 3 heterocycles. The smallest absolute Gasteiger partial charge is 0.394 e. The molecule has 3 aliphatic rings. The predicted molar refractivity (Wildman–Crippen MR) is 398 cm³/mol. The molecule has 16 atom stereocenters. The molecule has 638 valence electrons. The average Bonchev–Trinajstić information content (AvgIpc) is 0.835. The van der Waals surface area contributed by atoms with E-state index in [9.17, 15) is 88.9 Å². The van der Waals surface area contributed by atoms with E-state index in [2.05, 4.69) is 51.6 Å². The Morgan fingerprint density at radius 1 is 0.398 bits per heavy atom. The van der Waals surface area contributed by atoms with Crippen molar-refractivity contribution in [3.8, 4) is 0 Å². The summed E-state index contributed by atoms with van der Waals surface area (Å²) in [7, 11) is -1.06. The number of rotatable bonds is 53. The van der Waals surface area contributed by atoms with Crippen LogP contribution in [0.25, 0.3) is 0 Å². The minimum atomic E-state index is -3.75. The number of aliphatic hydroxyl groups is 9. The second-order valence-corrected chi connectivity index (χ2v) is 27.3. The number of hydrogen-bond donors (Lipinski definition) is 19. The first kappa shape index (κ1) is 107. The fourth-order valence-corrected chi connectivity index (χ4v) is 11.4. The number of hydrogen-bond acceptors (Lipinski definition) is 28. The van der Waals surface area contributed by atoms with E-state index in [0.29, 0.717) is 45.4 Å². The maximum absolute atomic E-state index is 13.8. The van der Waals surface area contributed by atoms with Crippen molar-refractivity contribution >= 4 is 55.1 Å². The van der Waals surface area contributed by atoms with Crippen molar-refractivity contribution in [3.05, 3.63) is 0 Å². The van der Waals surface area contributed by atoms with Crippen LogP contribution in [0.15, 0.2) is 0 Å². The number of carbonyl (C=O) groups excluding carboxylic acids is 8. The lowest BCUT2D eigenvalue weighted by Crippen LogP contribution is -2.55. The maximum atomic E-state index is 13.8. The number of unbranched alkanes of at least 4 members (excludes halogenated alkanes) is 3. The Labute approximate surface area is 638 Å². The third kappa shape index (κ3) is 45.0. The standard InChI is InChI=1S/C58H104N8O24.C7H18NO4P.C2H6.3CH4/c1-35-49(78)52(81)38(32-67)88-55(35)85-29-15-45(74)62-24-6-21-59-42(71)12-18-58(66-48(77)11-5-10-41(70)65-27-9-28-84-4,19-13-43(72)60-22-7-25-63-46(75)16-30-86-56-36(2)50(79)53(82)39(33-68)89-56)20-14-44(73)61-23-8-26-64-47(76)17-31-87-57-37(3)51(80)54(83)40(34-69)90-57;1-11-13(9,10)12-7-5-3-2-4-6-8;1-2;;;/h35-40,49-57,67-69,78-83H,5-34H2,1-4H3,(H,59,71)(H,60,72)(H,61,73)(H,62,74)(H,63,75)(H,64,76)(H,65,70)(H,66,77);2-8H2,1H3,(H,9,10);1-2H3;3*1H4/t35?,36?,37?,38?,39?,40?,49-,50-,51-,52+,53+,54+,55-,56-,57-,58?;;;;;/m1...../s1. The fourth-order valence-electron chi connectivity index (χ4n) is 11.0. The monoisotopic (exact) mass is 1590 g/mol. The Kier molecular flexibility index (Phi) is 62.3. The Balaban J connectivity index is -0.00000551. The van der Waals surface area contributed by atoms with Gasteiger partial charge in [0.1, 0.15) is 36.6 Å². The van der Waals surface area contributed by atoms with Crippen LogP contribution in [-0.2, 0) is 85.1 Å². The van der Waals surface area contributed by atoms with Gasteiger partial charge in [-0.1, -0.05) is 69.7 Å². The lowest BCUT2D eigenvalue weighted by molar-refractivity contribution is -0.282. The summed E-state index contributed by atoms with van der Waals surface area (Å²) in [4.78, 5) is 113. The molecule has 3 fully saturated rings. The summed E-state index contributed by atoms with van der Waals surface area (Å²) in [6.45, 7) is 9.66. The van der Waals surface area contributed by atoms with Gasteiger partial charge in [-0.2, -0.15) is 0 Å². The summed E-state index contributed by atoms with van der Waals surface area (Å²) in [6, 6.07) is 0. The van der Waals surface area contributed by atoms with Crippen LogP contribution < -0.4 is 48.3 Å². The Bertz CT molecular complexity index is 2280. The second kappa shape index (κ2) is 62.7. The van der Waals surface area contributed by atoms with Gasteiger partial charge >= 0.3 is 7.82 Å². The lowest BCUT2D eigenvalue weighted by atomic mass is 9.82. The average molecular weight is 1590 g/mol. The molecule has 0 aromatic heterocycles. The maximum Gasteiger partial charge on any atom is 0.471 e. The van der Waals surface area contributed by atoms with Gasteiger partial charge in [0.05, 0.1) is 83.8 Å². The number of methoxy groups -OCH3 is 1. The number of nitrogens with two attached hydrogens (primary N) is 1. The Morgan fingerprint density at radius 2 is 0.694 bits per heavy atom. The highest BCUT2D eigenvalue weighted by Crippen LogP contribution is 2.42. The zero-order valence-electron chi connectivity index (χ0n) is 62.5. The van der Waals surface area contributed by atoms with Gasteiger partial charge < -0.3 is 132 Å². The highest BCUT2D eigenvalue weighted by atomic mass is 31.2. The minimum Gasteiger partial charge on any atom is -0.394 e. The van der Waals surface area contributed by atoms with E-state index >= 15 is 0 Å². The fraction of sp³-hybridized carbons (Fsp3) is 0.886. The van der Waals surface area contributed by atoms with E-state index in [1.807, 2.05) is 13.8 Å². The molecule has 38 heteroatoms. The molecule has 3 rings (SSSR count). The molecule has 7 unspecified atom stereocenters. The van der Waals surface area contributed by atoms with Gasteiger partial charge in [-0.05, 0) is 70.8 Å². The summed E-state index contributed by atoms with van der Waals surface area (Å²) in [5.41, 5.74) is 3.98. The Morgan fingerprint density at radius 3 is 1.00 bits per heavy atom. The normalized spacial score (nSPS) is 24.7.